The van der Waals surface area contributed by atoms with Gasteiger partial charge in [-0.15, -0.1) is 11.3 Å². The van der Waals surface area contributed by atoms with Gasteiger partial charge in [0, 0.05) is 28.2 Å². The molecule has 2 heterocycles. The summed E-state index contributed by atoms with van der Waals surface area (Å²) in [5.74, 6) is 0.705. The third-order valence-electron chi connectivity index (χ3n) is 4.92. The Morgan fingerprint density at radius 3 is 2.39 bits per heavy atom. The van der Waals surface area contributed by atoms with Gasteiger partial charge in [0.15, 0.2) is 0 Å². The van der Waals surface area contributed by atoms with E-state index in [1.54, 1.807) is 29.5 Å². The number of phenols is 1. The maximum Gasteiger partial charge on any atom is 0.343 e. The van der Waals surface area contributed by atoms with E-state index in [-0.39, 0.29) is 17.4 Å². The zero-order chi connectivity index (χ0) is 20.1. The third kappa shape index (κ3) is 4.84. The summed E-state index contributed by atoms with van der Waals surface area (Å²) in [7, 11) is 0. The number of hydrogen-bond donors (Lipinski definition) is 2. The summed E-state index contributed by atoms with van der Waals surface area (Å²) in [6.45, 7) is 4.16. The first-order valence-electron chi connectivity index (χ1n) is 9.71. The van der Waals surface area contributed by atoms with Crippen LogP contribution < -0.4 is 5.63 Å². The lowest BCUT2D eigenvalue weighted by Gasteiger charge is -2.15. The van der Waals surface area contributed by atoms with Crippen LogP contribution >= 0.6 is 11.3 Å². The van der Waals surface area contributed by atoms with Crippen LogP contribution in [-0.2, 0) is 19.3 Å². The number of benzene rings is 1. The van der Waals surface area contributed by atoms with E-state index in [0.717, 1.165) is 29.7 Å². The molecular weight excluding hydrogens is 372 g/mol. The average molecular weight is 399 g/mol. The molecule has 0 radical (unpaired) electrons. The highest BCUT2D eigenvalue weighted by atomic mass is 32.1. The van der Waals surface area contributed by atoms with Crippen molar-refractivity contribution in [3.05, 3.63) is 79.5 Å². The highest BCUT2D eigenvalue weighted by molar-refractivity contribution is 7.12. The lowest BCUT2D eigenvalue weighted by molar-refractivity contribution is 0.387. The largest absolute Gasteiger partial charge is 0.508 e. The van der Waals surface area contributed by atoms with Gasteiger partial charge < -0.3 is 14.6 Å². The molecule has 28 heavy (non-hydrogen) atoms. The van der Waals surface area contributed by atoms with Gasteiger partial charge in [-0.3, -0.25) is 0 Å². The second kappa shape index (κ2) is 9.11. The molecule has 3 aromatic rings. The smallest absolute Gasteiger partial charge is 0.343 e. The normalized spacial score (nSPS) is 12.2. The van der Waals surface area contributed by atoms with Crippen LogP contribution in [0.4, 0.5) is 0 Å². The van der Waals surface area contributed by atoms with Crippen molar-refractivity contribution in [3.8, 4) is 11.5 Å². The molecule has 1 aromatic carbocycles. The minimum atomic E-state index is -0.468. The Bertz CT molecular complexity index is 969. The monoisotopic (exact) mass is 398 g/mol. The number of hydrogen-bond acceptors (Lipinski definition) is 5. The maximum absolute atomic E-state index is 12.6. The van der Waals surface area contributed by atoms with Gasteiger partial charge in [-0.05, 0) is 49.1 Å². The Kier molecular flexibility index (Phi) is 6.57. The number of aryl methyl sites for hydroxylation is 1. The molecule has 1 unspecified atom stereocenters. The fourth-order valence-corrected chi connectivity index (χ4v) is 4.46. The van der Waals surface area contributed by atoms with Crippen LogP contribution in [-0.4, -0.2) is 10.2 Å². The Balaban J connectivity index is 1.81. The third-order valence-corrected chi connectivity index (χ3v) is 6.07. The molecule has 0 spiro atoms. The van der Waals surface area contributed by atoms with E-state index < -0.39 is 5.63 Å². The molecule has 4 nitrogen and oxygen atoms in total. The van der Waals surface area contributed by atoms with Crippen molar-refractivity contribution in [2.24, 2.45) is 0 Å². The van der Waals surface area contributed by atoms with E-state index in [1.165, 1.54) is 4.88 Å². The van der Waals surface area contributed by atoms with Crippen molar-refractivity contribution in [2.45, 2.75) is 51.9 Å². The molecule has 0 bridgehead atoms. The molecule has 0 saturated heterocycles. The fraction of sp³-hybridized carbons (Fsp3) is 0.348. The summed E-state index contributed by atoms with van der Waals surface area (Å²) in [4.78, 5) is 14.9. The molecule has 0 amide bonds. The highest BCUT2D eigenvalue weighted by Gasteiger charge is 2.19. The van der Waals surface area contributed by atoms with Crippen LogP contribution in [0.2, 0.25) is 0 Å². The Hall–Kier alpha value is -2.53. The van der Waals surface area contributed by atoms with Crippen LogP contribution in [0.25, 0.3) is 0 Å². The van der Waals surface area contributed by atoms with E-state index in [9.17, 15) is 15.0 Å². The molecule has 2 N–H and O–H groups in total. The van der Waals surface area contributed by atoms with Crippen molar-refractivity contribution in [3.63, 3.8) is 0 Å². The van der Waals surface area contributed by atoms with E-state index in [0.29, 0.717) is 24.2 Å². The van der Waals surface area contributed by atoms with Crippen LogP contribution in [0.15, 0.2) is 51.7 Å². The van der Waals surface area contributed by atoms with E-state index in [2.05, 4.69) is 13.0 Å². The zero-order valence-corrected chi connectivity index (χ0v) is 17.1. The van der Waals surface area contributed by atoms with Crippen molar-refractivity contribution in [1.82, 2.24) is 0 Å². The predicted molar refractivity (Wildman–Crippen MR) is 113 cm³/mol. The second-order valence-corrected chi connectivity index (χ2v) is 8.32. The van der Waals surface area contributed by atoms with Crippen LogP contribution in [0.5, 0.6) is 11.5 Å². The molecule has 0 aliphatic carbocycles. The summed E-state index contributed by atoms with van der Waals surface area (Å²) in [6, 6.07) is 12.7. The van der Waals surface area contributed by atoms with Gasteiger partial charge in [0.25, 0.3) is 0 Å². The average Bonchev–Trinajstić information content (AvgIpc) is 3.11. The number of aromatic hydroxyl groups is 2. The molecule has 0 fully saturated rings. The summed E-state index contributed by atoms with van der Waals surface area (Å²) < 4.78 is 5.60. The van der Waals surface area contributed by atoms with E-state index >= 15 is 0 Å². The highest BCUT2D eigenvalue weighted by Crippen LogP contribution is 2.29. The molecule has 148 valence electrons. The fourth-order valence-electron chi connectivity index (χ4n) is 3.32. The summed E-state index contributed by atoms with van der Waals surface area (Å²) in [6.07, 6.45) is 3.94. The number of rotatable bonds is 8. The van der Waals surface area contributed by atoms with Crippen molar-refractivity contribution in [2.75, 3.05) is 0 Å². The zero-order valence-electron chi connectivity index (χ0n) is 16.3. The molecule has 3 rings (SSSR count). The summed E-state index contributed by atoms with van der Waals surface area (Å²) >= 11 is 1.68. The number of thiophene rings is 1. The van der Waals surface area contributed by atoms with Gasteiger partial charge in [-0.25, -0.2) is 4.79 Å². The lowest BCUT2D eigenvalue weighted by atomic mass is 9.93. The minimum absolute atomic E-state index is 0.000785. The van der Waals surface area contributed by atoms with Gasteiger partial charge in [-0.1, -0.05) is 32.4 Å². The molecule has 0 saturated carbocycles. The summed E-state index contributed by atoms with van der Waals surface area (Å²) in [5.41, 5.74) is 0.885. The van der Waals surface area contributed by atoms with Gasteiger partial charge in [0.05, 0.1) is 5.56 Å². The molecule has 1 atom stereocenters. The Morgan fingerprint density at radius 2 is 1.75 bits per heavy atom. The molecule has 0 aliphatic heterocycles. The number of phenolic OH excluding ortho intramolecular Hbond substituents is 1. The van der Waals surface area contributed by atoms with Gasteiger partial charge in [-0.2, -0.15) is 0 Å². The molecular formula is C23H26O4S. The van der Waals surface area contributed by atoms with Gasteiger partial charge in [0.1, 0.15) is 17.3 Å². The van der Waals surface area contributed by atoms with Crippen molar-refractivity contribution in [1.29, 1.82) is 0 Å². The minimum Gasteiger partial charge on any atom is -0.508 e. The van der Waals surface area contributed by atoms with Crippen LogP contribution in [0.1, 0.15) is 59.2 Å². The predicted octanol–water partition coefficient (Wildman–Crippen LogP) is 5.39. The van der Waals surface area contributed by atoms with E-state index in [1.807, 2.05) is 25.1 Å². The second-order valence-electron chi connectivity index (χ2n) is 7.07. The summed E-state index contributed by atoms with van der Waals surface area (Å²) in [5, 5.41) is 19.9. The van der Waals surface area contributed by atoms with Gasteiger partial charge in [0.2, 0.25) is 0 Å². The Morgan fingerprint density at radius 1 is 1.04 bits per heavy atom. The topological polar surface area (TPSA) is 70.7 Å². The molecule has 2 aromatic heterocycles. The van der Waals surface area contributed by atoms with Crippen molar-refractivity contribution >= 4 is 11.3 Å². The standard InChI is InChI=1S/C23H26O4S/c1-3-5-18-10-11-19(28-18)13-20-21(25)14-22(27-23(20)26)16(4-2)12-15-6-8-17(24)9-7-15/h6-11,14,16,24-25H,3-5,12-13H2,1-2H3. The first kappa shape index (κ1) is 20.2. The Labute approximate surface area is 169 Å². The van der Waals surface area contributed by atoms with Gasteiger partial charge >= 0.3 is 5.63 Å². The molecule has 0 aliphatic rings. The van der Waals surface area contributed by atoms with E-state index in [4.69, 9.17) is 4.42 Å². The first-order valence-corrected chi connectivity index (χ1v) is 10.5. The van der Waals surface area contributed by atoms with Crippen molar-refractivity contribution < 1.29 is 14.6 Å². The van der Waals surface area contributed by atoms with Crippen LogP contribution in [0.3, 0.4) is 0 Å². The quantitative estimate of drug-likeness (QED) is 0.533. The maximum atomic E-state index is 12.6. The lowest BCUT2D eigenvalue weighted by Crippen LogP contribution is -2.12. The molecule has 5 heteroatoms. The first-order chi connectivity index (χ1) is 13.5. The van der Waals surface area contributed by atoms with Crippen LogP contribution in [0, 0.1) is 0 Å². The SMILES string of the molecule is CCCc1ccc(Cc2c(O)cc(C(CC)Cc3ccc(O)cc3)oc2=O)s1.